The van der Waals surface area contributed by atoms with E-state index >= 15 is 0 Å². The second kappa shape index (κ2) is 7.27. The predicted molar refractivity (Wildman–Crippen MR) is 95.3 cm³/mol. The molecule has 7 nitrogen and oxygen atoms in total. The fourth-order valence-corrected chi connectivity index (χ4v) is 3.61. The fraction of sp³-hybridized carbons (Fsp3) is 0.474. The van der Waals surface area contributed by atoms with Crippen LogP contribution in [0.25, 0.3) is 0 Å². The molecule has 2 aromatic rings. The molecule has 0 spiro atoms. The highest BCUT2D eigenvalue weighted by Crippen LogP contribution is 2.28. The Morgan fingerprint density at radius 3 is 2.96 bits per heavy atom. The molecule has 0 N–H and O–H groups in total. The molecule has 2 aliphatic rings. The molecule has 2 aromatic heterocycles. The van der Waals surface area contributed by atoms with Crippen LogP contribution in [0.1, 0.15) is 50.3 Å². The molecule has 1 aliphatic carbocycles. The number of hydrogen-bond donors (Lipinski definition) is 0. The molecular weight excluding hydrogens is 330 g/mol. The van der Waals surface area contributed by atoms with E-state index in [1.165, 1.54) is 6.42 Å². The maximum Gasteiger partial charge on any atom is 0.250 e. The number of allylic oxidation sites excluding steroid dienone is 1. The van der Waals surface area contributed by atoms with Gasteiger partial charge in [0.25, 0.3) is 0 Å². The molecule has 26 heavy (non-hydrogen) atoms. The minimum atomic E-state index is -0.0878. The lowest BCUT2D eigenvalue weighted by molar-refractivity contribution is -0.130. The number of carbonyl (C=O) groups is 1. The van der Waals surface area contributed by atoms with Crippen molar-refractivity contribution in [3.8, 4) is 5.88 Å². The monoisotopic (exact) mass is 353 g/mol. The molecule has 136 valence electrons. The predicted octanol–water partition coefficient (Wildman–Crippen LogP) is 2.66. The van der Waals surface area contributed by atoms with Crippen molar-refractivity contribution in [2.75, 3.05) is 6.54 Å². The Bertz CT molecular complexity index is 815. The minimum absolute atomic E-state index is 0.0878. The number of carbonyl (C=O) groups excluding carboxylic acids is 1. The number of ether oxygens (including phenoxy) is 1. The summed E-state index contributed by atoms with van der Waals surface area (Å²) in [6.45, 7) is 3.69. The number of nitrogens with zero attached hydrogens (tertiary/aromatic N) is 5. The van der Waals surface area contributed by atoms with E-state index in [-0.39, 0.29) is 11.9 Å². The van der Waals surface area contributed by atoms with E-state index in [4.69, 9.17) is 4.74 Å². The third kappa shape index (κ3) is 3.21. The minimum Gasteiger partial charge on any atom is -0.469 e. The van der Waals surface area contributed by atoms with Crippen LogP contribution >= 0.6 is 0 Å². The average Bonchev–Trinajstić information content (AvgIpc) is 3.12. The third-order valence-electron chi connectivity index (χ3n) is 5.08. The normalized spacial score (nSPS) is 19.7. The molecule has 0 unspecified atom stereocenters. The standard InChI is InChI=1S/C19H23N5O2/c1-14-18-22-21-16(13-26-17-9-5-6-10-20-17)24(18)12-11-23(14)19(25)15-7-3-2-4-8-15/h5-7,9-10,14H,2-4,8,11-13H2,1H3/t14-/m0/s1. The van der Waals surface area contributed by atoms with Gasteiger partial charge in [-0.15, -0.1) is 10.2 Å². The van der Waals surface area contributed by atoms with Crippen LogP contribution < -0.4 is 4.74 Å². The fourth-order valence-electron chi connectivity index (χ4n) is 3.61. The van der Waals surface area contributed by atoms with Crippen LogP contribution in [0.15, 0.2) is 36.0 Å². The lowest BCUT2D eigenvalue weighted by Gasteiger charge is -2.34. The largest absolute Gasteiger partial charge is 0.469 e. The Morgan fingerprint density at radius 1 is 1.27 bits per heavy atom. The second-order valence-electron chi connectivity index (χ2n) is 6.73. The number of amides is 1. The highest BCUT2D eigenvalue weighted by Gasteiger charge is 2.32. The van der Waals surface area contributed by atoms with Gasteiger partial charge in [0.05, 0.1) is 6.04 Å². The van der Waals surface area contributed by atoms with Gasteiger partial charge in [-0.05, 0) is 38.7 Å². The molecule has 1 aliphatic heterocycles. The van der Waals surface area contributed by atoms with E-state index in [0.717, 1.165) is 36.5 Å². The van der Waals surface area contributed by atoms with Gasteiger partial charge >= 0.3 is 0 Å². The van der Waals surface area contributed by atoms with Gasteiger partial charge in [-0.2, -0.15) is 0 Å². The number of aromatic nitrogens is 4. The molecule has 1 atom stereocenters. The molecule has 0 aromatic carbocycles. The van der Waals surface area contributed by atoms with Crippen LogP contribution in [0, 0.1) is 0 Å². The van der Waals surface area contributed by atoms with Crippen molar-refractivity contribution in [1.29, 1.82) is 0 Å². The first-order valence-corrected chi connectivity index (χ1v) is 9.20. The summed E-state index contributed by atoms with van der Waals surface area (Å²) in [5.41, 5.74) is 0.953. The van der Waals surface area contributed by atoms with E-state index in [2.05, 4.69) is 25.8 Å². The van der Waals surface area contributed by atoms with Crippen molar-refractivity contribution in [3.05, 3.63) is 47.7 Å². The SMILES string of the molecule is C[C@H]1c2nnc(COc3ccccn3)n2CCN1C(=O)C1=CCCCC1. The van der Waals surface area contributed by atoms with Gasteiger partial charge in [-0.3, -0.25) is 4.79 Å². The summed E-state index contributed by atoms with van der Waals surface area (Å²) in [6, 6.07) is 5.46. The van der Waals surface area contributed by atoms with E-state index in [1.807, 2.05) is 30.0 Å². The van der Waals surface area contributed by atoms with Crippen LogP contribution in [0.5, 0.6) is 5.88 Å². The number of hydrogen-bond acceptors (Lipinski definition) is 5. The molecular formula is C19H23N5O2. The van der Waals surface area contributed by atoms with Gasteiger partial charge < -0.3 is 14.2 Å². The maximum atomic E-state index is 12.9. The summed E-state index contributed by atoms with van der Waals surface area (Å²) >= 11 is 0. The number of rotatable bonds is 4. The Balaban J connectivity index is 1.47. The molecule has 0 radical (unpaired) electrons. The number of pyridine rings is 1. The first kappa shape index (κ1) is 16.8. The zero-order valence-corrected chi connectivity index (χ0v) is 15.0. The van der Waals surface area contributed by atoms with Gasteiger partial charge in [-0.1, -0.05) is 12.1 Å². The topological polar surface area (TPSA) is 73.1 Å². The first-order chi connectivity index (χ1) is 12.7. The Morgan fingerprint density at radius 2 is 2.19 bits per heavy atom. The van der Waals surface area contributed by atoms with Gasteiger partial charge in [0.1, 0.15) is 6.61 Å². The van der Waals surface area contributed by atoms with Gasteiger partial charge in [0, 0.05) is 30.9 Å². The zero-order valence-electron chi connectivity index (χ0n) is 15.0. The summed E-state index contributed by atoms with van der Waals surface area (Å²) in [7, 11) is 0. The lowest BCUT2D eigenvalue weighted by Crippen LogP contribution is -2.42. The van der Waals surface area contributed by atoms with E-state index < -0.39 is 0 Å². The van der Waals surface area contributed by atoms with Gasteiger partial charge in [0.15, 0.2) is 11.6 Å². The summed E-state index contributed by atoms with van der Waals surface area (Å²) in [4.78, 5) is 18.9. The van der Waals surface area contributed by atoms with E-state index in [0.29, 0.717) is 25.6 Å². The van der Waals surface area contributed by atoms with Crippen LogP contribution in [-0.2, 0) is 17.9 Å². The Labute approximate surface area is 152 Å². The van der Waals surface area contributed by atoms with Crippen molar-refractivity contribution >= 4 is 5.91 Å². The van der Waals surface area contributed by atoms with Crippen molar-refractivity contribution in [1.82, 2.24) is 24.6 Å². The van der Waals surface area contributed by atoms with Crippen molar-refractivity contribution in [2.24, 2.45) is 0 Å². The van der Waals surface area contributed by atoms with Crippen LogP contribution in [0.4, 0.5) is 0 Å². The quantitative estimate of drug-likeness (QED) is 0.845. The summed E-state index contributed by atoms with van der Waals surface area (Å²) in [5.74, 6) is 2.30. The third-order valence-corrected chi connectivity index (χ3v) is 5.08. The van der Waals surface area contributed by atoms with Crippen LogP contribution in [-0.4, -0.2) is 37.1 Å². The van der Waals surface area contributed by atoms with Gasteiger partial charge in [-0.25, -0.2) is 4.98 Å². The van der Waals surface area contributed by atoms with Crippen LogP contribution in [0.3, 0.4) is 0 Å². The second-order valence-corrected chi connectivity index (χ2v) is 6.73. The number of fused-ring (bicyclic) bond motifs is 1. The zero-order chi connectivity index (χ0) is 17.9. The summed E-state index contributed by atoms with van der Waals surface area (Å²) in [5, 5.41) is 8.60. The molecule has 0 saturated carbocycles. The van der Waals surface area contributed by atoms with Crippen molar-refractivity contribution in [3.63, 3.8) is 0 Å². The smallest absolute Gasteiger partial charge is 0.250 e. The first-order valence-electron chi connectivity index (χ1n) is 9.20. The lowest BCUT2D eigenvalue weighted by atomic mass is 9.98. The van der Waals surface area contributed by atoms with E-state index in [1.54, 1.807) is 6.20 Å². The Kier molecular flexibility index (Phi) is 4.69. The molecule has 0 bridgehead atoms. The molecule has 3 heterocycles. The van der Waals surface area contributed by atoms with E-state index in [9.17, 15) is 4.79 Å². The summed E-state index contributed by atoms with van der Waals surface area (Å²) in [6.07, 6.45) is 7.97. The van der Waals surface area contributed by atoms with Gasteiger partial charge in [0.2, 0.25) is 11.8 Å². The van der Waals surface area contributed by atoms with Crippen molar-refractivity contribution < 1.29 is 9.53 Å². The van der Waals surface area contributed by atoms with Crippen LogP contribution in [0.2, 0.25) is 0 Å². The molecule has 0 saturated heterocycles. The summed E-state index contributed by atoms with van der Waals surface area (Å²) < 4.78 is 7.76. The maximum absolute atomic E-state index is 12.9. The Hall–Kier alpha value is -2.70. The molecule has 1 amide bonds. The molecule has 7 heteroatoms. The molecule has 4 rings (SSSR count). The molecule has 0 fully saturated rings. The average molecular weight is 353 g/mol. The van der Waals surface area contributed by atoms with Crippen molar-refractivity contribution in [2.45, 2.75) is 51.8 Å². The highest BCUT2D eigenvalue weighted by molar-refractivity contribution is 5.93. The highest BCUT2D eigenvalue weighted by atomic mass is 16.5.